The number of rotatable bonds is 3. The van der Waals surface area contributed by atoms with Gasteiger partial charge in [-0.3, -0.25) is 0 Å². The van der Waals surface area contributed by atoms with Crippen molar-refractivity contribution in [1.29, 1.82) is 0 Å². The maximum atomic E-state index is 8.75. The van der Waals surface area contributed by atoms with Gasteiger partial charge in [-0.2, -0.15) is 0 Å². The van der Waals surface area contributed by atoms with Crippen LogP contribution in [0.1, 0.15) is 49.5 Å². The van der Waals surface area contributed by atoms with Crippen LogP contribution in [-0.4, -0.2) is 0 Å². The molecule has 0 aliphatic heterocycles. The molecule has 1 aliphatic rings. The topological polar surface area (TPSA) is 3.88 Å². The molecule has 25 heavy (non-hydrogen) atoms. The molecule has 0 bridgehead atoms. The summed E-state index contributed by atoms with van der Waals surface area (Å²) in [5.41, 5.74) is 5.82. The smallest absolute Gasteiger partial charge is 0.201 e. The summed E-state index contributed by atoms with van der Waals surface area (Å²) in [7, 11) is 2.02. The van der Waals surface area contributed by atoms with E-state index in [1.807, 2.05) is 43.6 Å². The molecule has 0 spiro atoms. The van der Waals surface area contributed by atoms with Crippen molar-refractivity contribution < 1.29 is 11.4 Å². The average molecular weight is 334 g/mol. The highest BCUT2D eigenvalue weighted by atomic mass is 14.9. The summed E-state index contributed by atoms with van der Waals surface area (Å²) in [6, 6.07) is 19.6. The van der Waals surface area contributed by atoms with E-state index in [4.69, 9.17) is 6.85 Å². The lowest BCUT2D eigenvalue weighted by Gasteiger charge is -2.11. The minimum absolute atomic E-state index is 0.0558. The van der Waals surface area contributed by atoms with E-state index in [9.17, 15) is 0 Å². The van der Waals surface area contributed by atoms with E-state index in [2.05, 4.69) is 29.7 Å². The molecular weight excluding hydrogens is 302 g/mol. The highest BCUT2D eigenvalue weighted by molar-refractivity contribution is 5.70. The highest BCUT2D eigenvalue weighted by Gasteiger charge is 2.17. The molecule has 0 atom stereocenters. The van der Waals surface area contributed by atoms with Gasteiger partial charge >= 0.3 is 0 Å². The molecule has 0 saturated heterocycles. The number of benzene rings is 2. The normalized spacial score (nSPS) is 23.0. The zero-order chi connectivity index (χ0) is 21.7. The Morgan fingerprint density at radius 2 is 1.68 bits per heavy atom. The maximum Gasteiger partial charge on any atom is 0.213 e. The van der Waals surface area contributed by atoms with Crippen molar-refractivity contribution in [2.75, 3.05) is 0 Å². The highest BCUT2D eigenvalue weighted by Crippen LogP contribution is 2.35. The molecule has 1 heterocycles. The number of hydrogen-bond donors (Lipinski definition) is 0. The van der Waals surface area contributed by atoms with Crippen LogP contribution in [0.5, 0.6) is 0 Å². The van der Waals surface area contributed by atoms with Crippen molar-refractivity contribution in [3.05, 3.63) is 78.0 Å². The first-order chi connectivity index (χ1) is 14.1. The zero-order valence-corrected chi connectivity index (χ0v) is 14.7. The molecule has 0 unspecified atom stereocenters. The third-order valence-corrected chi connectivity index (χ3v) is 4.81. The monoisotopic (exact) mass is 333 g/mol. The minimum Gasteiger partial charge on any atom is -0.201 e. The van der Waals surface area contributed by atoms with E-state index in [0.717, 1.165) is 22.4 Å². The average Bonchev–Trinajstić information content (AvgIpc) is 2.89. The Labute approximate surface area is 158 Å². The van der Waals surface area contributed by atoms with Gasteiger partial charge in [-0.05, 0) is 53.9 Å². The molecule has 1 heteroatoms. The molecular formula is C24H26N+. The third-order valence-electron chi connectivity index (χ3n) is 4.81. The van der Waals surface area contributed by atoms with Crippen LogP contribution in [0, 0.1) is 6.92 Å². The van der Waals surface area contributed by atoms with E-state index in [1.165, 1.54) is 5.56 Å². The van der Waals surface area contributed by atoms with Crippen LogP contribution in [0.3, 0.4) is 0 Å². The summed E-state index contributed by atoms with van der Waals surface area (Å²) >= 11 is 0. The fourth-order valence-electron chi connectivity index (χ4n) is 3.35. The fraction of sp³-hybridized carbons (Fsp3) is 0.292. The van der Waals surface area contributed by atoms with Gasteiger partial charge in [0.05, 0.1) is 0 Å². The van der Waals surface area contributed by atoms with Crippen LogP contribution >= 0.6 is 0 Å². The molecule has 0 N–H and O–H groups in total. The second-order valence-electron chi connectivity index (χ2n) is 6.53. The molecule has 1 aromatic heterocycles. The molecule has 1 aliphatic carbocycles. The van der Waals surface area contributed by atoms with Gasteiger partial charge in [0.2, 0.25) is 5.69 Å². The van der Waals surface area contributed by atoms with Gasteiger partial charge in [0.15, 0.2) is 6.20 Å². The number of hydrogen-bond acceptors (Lipinski definition) is 0. The molecule has 2 aromatic carbocycles. The lowest BCUT2D eigenvalue weighted by atomic mass is 9.94. The third kappa shape index (κ3) is 3.24. The van der Waals surface area contributed by atoms with E-state index < -0.39 is 18.6 Å². The largest absolute Gasteiger partial charge is 0.213 e. The molecule has 1 nitrogen and oxygen atoms in total. The van der Waals surface area contributed by atoms with Crippen LogP contribution in [-0.2, 0) is 7.05 Å². The van der Waals surface area contributed by atoms with E-state index >= 15 is 0 Å². The predicted octanol–water partition coefficient (Wildman–Crippen LogP) is 5.81. The predicted molar refractivity (Wildman–Crippen MR) is 104 cm³/mol. The van der Waals surface area contributed by atoms with Gasteiger partial charge in [0.25, 0.3) is 0 Å². The molecule has 1 saturated carbocycles. The lowest BCUT2D eigenvalue weighted by molar-refractivity contribution is -0.660. The van der Waals surface area contributed by atoms with Crippen molar-refractivity contribution in [2.45, 2.75) is 38.4 Å². The second kappa shape index (κ2) is 6.84. The number of nitrogens with zero attached hydrogens (tertiary/aromatic N) is 1. The number of aromatic nitrogens is 1. The van der Waals surface area contributed by atoms with Crippen molar-refractivity contribution in [3.63, 3.8) is 0 Å². The Morgan fingerprint density at radius 1 is 0.960 bits per heavy atom. The summed E-state index contributed by atoms with van der Waals surface area (Å²) in [5.74, 6) is -1.91. The van der Waals surface area contributed by atoms with Crippen LogP contribution in [0.4, 0.5) is 0 Å². The first-order valence-electron chi connectivity index (χ1n) is 11.2. The van der Waals surface area contributed by atoms with E-state index in [-0.39, 0.29) is 12.8 Å². The standard InChI is InChI=1S/C24H26N/c1-18-7-3-6-10-23(18)24-17-22(15-16-25(24)2)21-13-11-20(12-14-21)19-8-4-5-9-19/h3,6-7,10-17,19H,4-5,8-9H2,1-2H3/q+1/i8D2,9D2,19D. The summed E-state index contributed by atoms with van der Waals surface area (Å²) in [4.78, 5) is 0. The molecule has 3 aromatic rings. The van der Waals surface area contributed by atoms with Gasteiger partial charge in [-0.15, -0.1) is 0 Å². The summed E-state index contributed by atoms with van der Waals surface area (Å²) in [6.07, 6.45) is -1.68. The Bertz CT molecular complexity index is 1070. The summed E-state index contributed by atoms with van der Waals surface area (Å²) in [5, 5.41) is 0. The van der Waals surface area contributed by atoms with E-state index in [0.29, 0.717) is 5.56 Å². The first kappa shape index (κ1) is 11.3. The maximum absolute atomic E-state index is 8.75. The Morgan fingerprint density at radius 3 is 2.40 bits per heavy atom. The Balaban J connectivity index is 1.74. The van der Waals surface area contributed by atoms with E-state index in [1.54, 1.807) is 12.1 Å². The molecule has 0 amide bonds. The molecule has 1 fully saturated rings. The van der Waals surface area contributed by atoms with Crippen LogP contribution < -0.4 is 4.57 Å². The summed E-state index contributed by atoms with van der Waals surface area (Å²) in [6.45, 7) is 2.09. The zero-order valence-electron chi connectivity index (χ0n) is 19.7. The second-order valence-corrected chi connectivity index (χ2v) is 6.53. The number of aryl methyl sites for hydroxylation is 2. The van der Waals surface area contributed by atoms with Crippen molar-refractivity contribution in [3.8, 4) is 22.4 Å². The molecule has 4 rings (SSSR count). The van der Waals surface area contributed by atoms with Crippen molar-refractivity contribution in [2.24, 2.45) is 7.05 Å². The Kier molecular flexibility index (Phi) is 3.08. The minimum atomic E-state index is -1.91. The van der Waals surface area contributed by atoms with Gasteiger partial charge in [-0.1, -0.05) is 55.3 Å². The first-order valence-corrected chi connectivity index (χ1v) is 8.73. The van der Waals surface area contributed by atoms with Crippen LogP contribution in [0.15, 0.2) is 66.9 Å². The summed E-state index contributed by atoms with van der Waals surface area (Å²) < 4.78 is 43.8. The molecule has 0 radical (unpaired) electrons. The van der Waals surface area contributed by atoms with Gasteiger partial charge in [0, 0.05) is 24.5 Å². The van der Waals surface area contributed by atoms with Gasteiger partial charge < -0.3 is 0 Å². The van der Waals surface area contributed by atoms with Gasteiger partial charge in [-0.25, -0.2) is 4.57 Å². The lowest BCUT2D eigenvalue weighted by Crippen LogP contribution is -2.30. The van der Waals surface area contributed by atoms with Gasteiger partial charge in [0.1, 0.15) is 7.05 Å². The van der Waals surface area contributed by atoms with Crippen LogP contribution in [0.2, 0.25) is 0 Å². The Hall–Kier alpha value is -2.41. The fourth-order valence-corrected chi connectivity index (χ4v) is 3.35. The quantitative estimate of drug-likeness (QED) is 0.532. The SMILES string of the molecule is [2H]C1([2H])CCC([2H])([2H])C1([2H])c1ccc(-c2cc[n+](C)c(-c3ccccc3C)c2)cc1. The van der Waals surface area contributed by atoms with Crippen LogP contribution in [0.25, 0.3) is 22.4 Å². The molecule has 126 valence electrons. The van der Waals surface area contributed by atoms with Crippen molar-refractivity contribution in [1.82, 2.24) is 0 Å². The van der Waals surface area contributed by atoms with Crippen molar-refractivity contribution >= 4 is 0 Å². The number of pyridine rings is 1.